The number of hydrogen-bond acceptors (Lipinski definition) is 4. The lowest BCUT2D eigenvalue weighted by molar-refractivity contribution is 0.193. The van der Waals surface area contributed by atoms with E-state index in [4.69, 9.17) is 10.6 Å². The van der Waals surface area contributed by atoms with E-state index in [1.165, 1.54) is 12.1 Å². The smallest absolute Gasteiger partial charge is 0.123 e. The van der Waals surface area contributed by atoms with Crippen molar-refractivity contribution in [1.29, 1.82) is 0 Å². The SMILES string of the molecule is NNc1cc2cc(F)ccc2nc1C1CCOC1. The van der Waals surface area contributed by atoms with E-state index >= 15 is 0 Å². The third-order valence-electron chi connectivity index (χ3n) is 3.28. The van der Waals surface area contributed by atoms with Crippen molar-refractivity contribution in [1.82, 2.24) is 4.98 Å². The topological polar surface area (TPSA) is 60.2 Å². The standard InChI is InChI=1S/C13H14FN3O/c14-10-1-2-11-9(5-10)6-12(17-15)13(16-11)8-3-4-18-7-8/h1-2,5-6,8,17H,3-4,7,15H2. The number of nitrogens with one attached hydrogen (secondary N) is 1. The number of ether oxygens (including phenoxy) is 1. The number of rotatable bonds is 2. The van der Waals surface area contributed by atoms with Gasteiger partial charge in [0.2, 0.25) is 0 Å². The van der Waals surface area contributed by atoms with Crippen molar-refractivity contribution in [3.8, 4) is 0 Å². The van der Waals surface area contributed by atoms with Crippen molar-refractivity contribution in [2.24, 2.45) is 5.84 Å². The quantitative estimate of drug-likeness (QED) is 0.630. The van der Waals surface area contributed by atoms with E-state index in [0.717, 1.165) is 35.3 Å². The van der Waals surface area contributed by atoms with Crippen LogP contribution < -0.4 is 11.3 Å². The Morgan fingerprint density at radius 2 is 2.28 bits per heavy atom. The third kappa shape index (κ3) is 1.91. The van der Waals surface area contributed by atoms with Gasteiger partial charge in [-0.2, -0.15) is 0 Å². The summed E-state index contributed by atoms with van der Waals surface area (Å²) in [6, 6.07) is 6.39. The highest BCUT2D eigenvalue weighted by molar-refractivity contribution is 5.83. The van der Waals surface area contributed by atoms with Gasteiger partial charge in [-0.3, -0.25) is 10.8 Å². The first-order valence-electron chi connectivity index (χ1n) is 5.92. The van der Waals surface area contributed by atoms with E-state index in [2.05, 4.69) is 10.4 Å². The lowest BCUT2D eigenvalue weighted by Gasteiger charge is -2.14. The van der Waals surface area contributed by atoms with E-state index in [1.807, 2.05) is 6.07 Å². The average molecular weight is 247 g/mol. The molecule has 1 aromatic carbocycles. The summed E-state index contributed by atoms with van der Waals surface area (Å²) in [5, 5.41) is 0.741. The molecule has 2 heterocycles. The molecule has 18 heavy (non-hydrogen) atoms. The highest BCUT2D eigenvalue weighted by Crippen LogP contribution is 2.31. The second-order valence-corrected chi connectivity index (χ2v) is 4.46. The summed E-state index contributed by atoms with van der Waals surface area (Å²) in [6.07, 6.45) is 0.939. The molecule has 3 N–H and O–H groups in total. The number of fused-ring (bicyclic) bond motifs is 1. The van der Waals surface area contributed by atoms with Crippen LogP contribution in [0, 0.1) is 5.82 Å². The number of aromatic nitrogens is 1. The predicted octanol–water partition coefficient (Wildman–Crippen LogP) is 2.16. The van der Waals surface area contributed by atoms with Crippen molar-refractivity contribution in [2.75, 3.05) is 18.6 Å². The van der Waals surface area contributed by atoms with E-state index in [1.54, 1.807) is 6.07 Å². The lowest BCUT2D eigenvalue weighted by atomic mass is 10.0. The molecule has 1 aliphatic rings. The monoisotopic (exact) mass is 247 g/mol. The van der Waals surface area contributed by atoms with Crippen molar-refractivity contribution in [3.63, 3.8) is 0 Å². The Kier molecular flexibility index (Phi) is 2.85. The molecule has 1 unspecified atom stereocenters. The molecule has 0 amide bonds. The zero-order valence-electron chi connectivity index (χ0n) is 9.82. The molecule has 94 valence electrons. The van der Waals surface area contributed by atoms with E-state index < -0.39 is 0 Å². The van der Waals surface area contributed by atoms with E-state index in [0.29, 0.717) is 6.61 Å². The van der Waals surface area contributed by atoms with Crippen LogP contribution in [0.3, 0.4) is 0 Å². The minimum absolute atomic E-state index is 0.255. The molecule has 1 aromatic heterocycles. The molecule has 1 fully saturated rings. The number of anilines is 1. The van der Waals surface area contributed by atoms with Gasteiger partial charge in [-0.15, -0.1) is 0 Å². The third-order valence-corrected chi connectivity index (χ3v) is 3.28. The lowest BCUT2D eigenvalue weighted by Crippen LogP contribution is -2.13. The molecule has 0 radical (unpaired) electrons. The number of hydrazine groups is 1. The maximum absolute atomic E-state index is 13.2. The van der Waals surface area contributed by atoms with Gasteiger partial charge in [-0.1, -0.05) is 0 Å². The second-order valence-electron chi connectivity index (χ2n) is 4.46. The summed E-state index contributed by atoms with van der Waals surface area (Å²) >= 11 is 0. The van der Waals surface area contributed by atoms with Gasteiger partial charge >= 0.3 is 0 Å². The van der Waals surface area contributed by atoms with Crippen LogP contribution in [0.1, 0.15) is 18.0 Å². The van der Waals surface area contributed by atoms with Crippen molar-refractivity contribution >= 4 is 16.6 Å². The number of hydrogen-bond donors (Lipinski definition) is 2. The number of halogens is 1. The minimum Gasteiger partial charge on any atom is -0.381 e. The van der Waals surface area contributed by atoms with Crippen LogP contribution in [-0.2, 0) is 4.74 Å². The average Bonchev–Trinajstić information content (AvgIpc) is 2.90. The molecular formula is C13H14FN3O. The van der Waals surface area contributed by atoms with E-state index in [-0.39, 0.29) is 11.7 Å². The van der Waals surface area contributed by atoms with Crippen LogP contribution in [0.25, 0.3) is 10.9 Å². The molecule has 0 bridgehead atoms. The molecule has 1 saturated heterocycles. The van der Waals surface area contributed by atoms with Gasteiger partial charge in [0.25, 0.3) is 0 Å². The summed E-state index contributed by atoms with van der Waals surface area (Å²) in [6.45, 7) is 1.41. The highest BCUT2D eigenvalue weighted by Gasteiger charge is 2.22. The fourth-order valence-electron chi connectivity index (χ4n) is 2.34. The zero-order valence-corrected chi connectivity index (χ0v) is 9.82. The Bertz CT molecular complexity index is 582. The number of nitrogens with zero attached hydrogens (tertiary/aromatic N) is 1. The first kappa shape index (κ1) is 11.4. The summed E-state index contributed by atoms with van der Waals surface area (Å²) in [4.78, 5) is 4.58. The molecule has 1 aliphatic heterocycles. The summed E-state index contributed by atoms with van der Waals surface area (Å²) in [5.74, 6) is 5.50. The van der Waals surface area contributed by atoms with Crippen LogP contribution in [0.2, 0.25) is 0 Å². The van der Waals surface area contributed by atoms with Gasteiger partial charge in [0.15, 0.2) is 0 Å². The summed E-state index contributed by atoms with van der Waals surface area (Å²) < 4.78 is 18.5. The fourth-order valence-corrected chi connectivity index (χ4v) is 2.34. The van der Waals surface area contributed by atoms with Gasteiger partial charge in [0.1, 0.15) is 5.82 Å². The van der Waals surface area contributed by atoms with Gasteiger partial charge in [0, 0.05) is 17.9 Å². The number of pyridine rings is 1. The summed E-state index contributed by atoms with van der Waals surface area (Å²) in [5.41, 5.74) is 5.06. The normalized spacial score (nSPS) is 19.3. The molecule has 4 nitrogen and oxygen atoms in total. The Morgan fingerprint density at radius 1 is 1.39 bits per heavy atom. The van der Waals surface area contributed by atoms with Crippen LogP contribution in [0.15, 0.2) is 24.3 Å². The second kappa shape index (κ2) is 4.51. The number of nitrogens with two attached hydrogens (primary N) is 1. The molecule has 0 saturated carbocycles. The van der Waals surface area contributed by atoms with Crippen molar-refractivity contribution in [2.45, 2.75) is 12.3 Å². The van der Waals surface area contributed by atoms with Gasteiger partial charge in [0.05, 0.1) is 23.5 Å². The Labute approximate surface area is 104 Å². The maximum Gasteiger partial charge on any atom is 0.123 e. The molecule has 5 heteroatoms. The molecule has 0 spiro atoms. The minimum atomic E-state index is -0.274. The fraction of sp³-hybridized carbons (Fsp3) is 0.308. The highest BCUT2D eigenvalue weighted by atomic mass is 19.1. The van der Waals surface area contributed by atoms with Crippen LogP contribution in [0.5, 0.6) is 0 Å². The predicted molar refractivity (Wildman–Crippen MR) is 67.7 cm³/mol. The zero-order chi connectivity index (χ0) is 12.5. The summed E-state index contributed by atoms with van der Waals surface area (Å²) in [7, 11) is 0. The molecule has 3 rings (SSSR count). The Hall–Kier alpha value is -1.72. The van der Waals surface area contributed by atoms with Crippen LogP contribution >= 0.6 is 0 Å². The van der Waals surface area contributed by atoms with Gasteiger partial charge in [-0.05, 0) is 30.7 Å². The van der Waals surface area contributed by atoms with Crippen molar-refractivity contribution < 1.29 is 9.13 Å². The first-order chi connectivity index (χ1) is 8.78. The molecule has 1 atom stereocenters. The van der Waals surface area contributed by atoms with Gasteiger partial charge in [-0.25, -0.2) is 4.39 Å². The Morgan fingerprint density at radius 3 is 3.00 bits per heavy atom. The molecule has 2 aromatic rings. The molecular weight excluding hydrogens is 233 g/mol. The van der Waals surface area contributed by atoms with Crippen molar-refractivity contribution in [3.05, 3.63) is 35.8 Å². The largest absolute Gasteiger partial charge is 0.381 e. The maximum atomic E-state index is 13.2. The van der Waals surface area contributed by atoms with E-state index in [9.17, 15) is 4.39 Å². The molecule has 0 aliphatic carbocycles. The number of benzene rings is 1. The first-order valence-corrected chi connectivity index (χ1v) is 5.92. The van der Waals surface area contributed by atoms with Crippen LogP contribution in [0.4, 0.5) is 10.1 Å². The van der Waals surface area contributed by atoms with Crippen LogP contribution in [-0.4, -0.2) is 18.2 Å². The number of nitrogen functional groups attached to an aromatic ring is 1. The Balaban J connectivity index is 2.14. The van der Waals surface area contributed by atoms with Gasteiger partial charge < -0.3 is 10.2 Å².